The number of nitrogens with one attached hydrogen (secondary N) is 1. The monoisotopic (exact) mass is 441 g/mol. The first-order valence-corrected chi connectivity index (χ1v) is 11.5. The third-order valence-corrected chi connectivity index (χ3v) is 6.26. The van der Waals surface area contributed by atoms with Crippen molar-refractivity contribution in [2.45, 2.75) is 20.0 Å². The van der Waals surface area contributed by atoms with E-state index in [9.17, 15) is 0 Å². The Morgan fingerprint density at radius 3 is 3.00 bits per heavy atom. The molecule has 32 heavy (non-hydrogen) atoms. The first-order valence-electron chi connectivity index (χ1n) is 10.6. The maximum absolute atomic E-state index is 5.78. The van der Waals surface area contributed by atoms with Crippen molar-refractivity contribution in [1.29, 1.82) is 0 Å². The Labute approximate surface area is 190 Å². The number of hydrogen-bond acceptors (Lipinski definition) is 7. The number of ether oxygens (including phenoxy) is 1. The summed E-state index contributed by atoms with van der Waals surface area (Å²) >= 11 is 1.62. The first kappa shape index (κ1) is 20.3. The van der Waals surface area contributed by atoms with Crippen molar-refractivity contribution in [3.05, 3.63) is 78.3 Å². The smallest absolute Gasteiger partial charge is 0.189 e. The van der Waals surface area contributed by atoms with Crippen molar-refractivity contribution in [2.75, 3.05) is 11.9 Å². The molecule has 0 aliphatic carbocycles. The molecule has 3 aromatic heterocycles. The van der Waals surface area contributed by atoms with Crippen LogP contribution in [-0.4, -0.2) is 27.7 Å². The molecule has 1 atom stereocenters. The SMILES string of the molecule is CCC1C=C(c2ccc3nc(Nc4cc(COc5cccnc5)ccn4)sc3c2)C=NC1. The molecule has 4 aromatic rings. The van der Waals surface area contributed by atoms with E-state index in [1.54, 1.807) is 29.9 Å². The minimum Gasteiger partial charge on any atom is -0.487 e. The van der Waals surface area contributed by atoms with Gasteiger partial charge in [0.2, 0.25) is 0 Å². The molecule has 0 spiro atoms. The number of thiazole rings is 1. The Hall–Kier alpha value is -3.58. The van der Waals surface area contributed by atoms with Crippen LogP contribution in [0.1, 0.15) is 24.5 Å². The highest BCUT2D eigenvalue weighted by molar-refractivity contribution is 7.22. The van der Waals surface area contributed by atoms with E-state index in [0.29, 0.717) is 12.5 Å². The second-order valence-corrected chi connectivity index (χ2v) is 8.67. The van der Waals surface area contributed by atoms with Gasteiger partial charge in [-0.05, 0) is 65.4 Å². The van der Waals surface area contributed by atoms with Crippen LogP contribution in [0.3, 0.4) is 0 Å². The molecule has 1 N–H and O–H groups in total. The number of dihydropyridines is 1. The summed E-state index contributed by atoms with van der Waals surface area (Å²) in [5.74, 6) is 2.00. The molecule has 5 rings (SSSR count). The zero-order chi connectivity index (χ0) is 21.8. The number of anilines is 2. The van der Waals surface area contributed by atoms with Crippen LogP contribution in [0.2, 0.25) is 0 Å². The second kappa shape index (κ2) is 9.28. The zero-order valence-electron chi connectivity index (χ0n) is 17.7. The van der Waals surface area contributed by atoms with Crippen molar-refractivity contribution in [3.8, 4) is 5.75 Å². The molecule has 0 fully saturated rings. The molecule has 0 amide bonds. The van der Waals surface area contributed by atoms with E-state index in [2.05, 4.69) is 51.5 Å². The molecule has 1 aromatic carbocycles. The van der Waals surface area contributed by atoms with Crippen molar-refractivity contribution >= 4 is 44.3 Å². The molecular formula is C25H23N5OS. The lowest BCUT2D eigenvalue weighted by Crippen LogP contribution is -2.06. The molecule has 0 saturated carbocycles. The van der Waals surface area contributed by atoms with E-state index in [0.717, 1.165) is 45.4 Å². The van der Waals surface area contributed by atoms with E-state index in [4.69, 9.17) is 9.72 Å². The fourth-order valence-electron chi connectivity index (χ4n) is 3.55. The summed E-state index contributed by atoms with van der Waals surface area (Å²) in [6.45, 7) is 3.54. The van der Waals surface area contributed by atoms with Crippen molar-refractivity contribution in [1.82, 2.24) is 15.0 Å². The maximum Gasteiger partial charge on any atom is 0.189 e. The van der Waals surface area contributed by atoms with Gasteiger partial charge >= 0.3 is 0 Å². The molecule has 1 unspecified atom stereocenters. The number of hydrogen-bond donors (Lipinski definition) is 1. The van der Waals surface area contributed by atoms with Gasteiger partial charge in [0.1, 0.15) is 18.2 Å². The lowest BCUT2D eigenvalue weighted by molar-refractivity contribution is 0.305. The van der Waals surface area contributed by atoms with Crippen molar-refractivity contribution in [2.24, 2.45) is 10.9 Å². The highest BCUT2D eigenvalue weighted by atomic mass is 32.1. The summed E-state index contributed by atoms with van der Waals surface area (Å²) in [5, 5.41) is 4.15. The summed E-state index contributed by atoms with van der Waals surface area (Å²) < 4.78 is 6.92. The Morgan fingerprint density at radius 2 is 2.12 bits per heavy atom. The molecule has 1 aliphatic rings. The van der Waals surface area contributed by atoms with Gasteiger partial charge in [0.05, 0.1) is 16.4 Å². The third kappa shape index (κ3) is 4.68. The summed E-state index contributed by atoms with van der Waals surface area (Å²) in [6.07, 6.45) is 10.6. The predicted octanol–water partition coefficient (Wildman–Crippen LogP) is 5.90. The van der Waals surface area contributed by atoms with Gasteiger partial charge in [-0.1, -0.05) is 30.4 Å². The van der Waals surface area contributed by atoms with Gasteiger partial charge in [0.15, 0.2) is 5.13 Å². The van der Waals surface area contributed by atoms with E-state index in [1.165, 1.54) is 11.1 Å². The van der Waals surface area contributed by atoms with Gasteiger partial charge in [-0.25, -0.2) is 9.97 Å². The van der Waals surface area contributed by atoms with E-state index >= 15 is 0 Å². The number of fused-ring (bicyclic) bond motifs is 1. The Bertz CT molecular complexity index is 1280. The fourth-order valence-corrected chi connectivity index (χ4v) is 4.46. The third-order valence-electron chi connectivity index (χ3n) is 5.33. The minimum absolute atomic E-state index is 0.446. The van der Waals surface area contributed by atoms with Gasteiger partial charge < -0.3 is 10.1 Å². The normalized spacial score (nSPS) is 15.5. The maximum atomic E-state index is 5.78. The molecule has 0 bridgehead atoms. The van der Waals surface area contributed by atoms with E-state index in [-0.39, 0.29) is 0 Å². The van der Waals surface area contributed by atoms with Gasteiger partial charge in [0, 0.05) is 25.2 Å². The molecule has 0 radical (unpaired) electrons. The average Bonchev–Trinajstić information content (AvgIpc) is 3.25. The van der Waals surface area contributed by atoms with E-state index < -0.39 is 0 Å². The van der Waals surface area contributed by atoms with Crippen LogP contribution in [-0.2, 0) is 6.61 Å². The molecule has 4 heterocycles. The number of rotatable bonds is 7. The van der Waals surface area contributed by atoms with Gasteiger partial charge in [-0.15, -0.1) is 0 Å². The molecule has 0 saturated heterocycles. The van der Waals surface area contributed by atoms with Gasteiger partial charge in [0.25, 0.3) is 0 Å². The number of benzene rings is 1. The summed E-state index contributed by atoms with van der Waals surface area (Å²) in [4.78, 5) is 17.8. The number of allylic oxidation sites excluding steroid dienone is 1. The minimum atomic E-state index is 0.446. The van der Waals surface area contributed by atoms with E-state index in [1.807, 2.05) is 30.5 Å². The highest BCUT2D eigenvalue weighted by Crippen LogP contribution is 2.31. The summed E-state index contributed by atoms with van der Waals surface area (Å²) in [5.41, 5.74) is 4.36. The molecular weight excluding hydrogens is 418 g/mol. The lowest BCUT2D eigenvalue weighted by Gasteiger charge is -2.14. The van der Waals surface area contributed by atoms with Crippen molar-refractivity contribution in [3.63, 3.8) is 0 Å². The number of pyridine rings is 2. The molecule has 160 valence electrons. The van der Waals surface area contributed by atoms with Gasteiger partial charge in [-0.2, -0.15) is 0 Å². The molecule has 1 aliphatic heterocycles. The van der Waals surface area contributed by atoms with Crippen LogP contribution in [0.15, 0.2) is 72.1 Å². The van der Waals surface area contributed by atoms with Crippen molar-refractivity contribution < 1.29 is 4.74 Å². The zero-order valence-corrected chi connectivity index (χ0v) is 18.5. The average molecular weight is 442 g/mol. The second-order valence-electron chi connectivity index (χ2n) is 7.64. The molecule has 7 heteroatoms. The number of aromatic nitrogens is 3. The van der Waals surface area contributed by atoms with Crippen LogP contribution >= 0.6 is 11.3 Å². The quantitative estimate of drug-likeness (QED) is 0.386. The van der Waals surface area contributed by atoms with Crippen LogP contribution in [0, 0.1) is 5.92 Å². The molecule has 6 nitrogen and oxygen atoms in total. The Balaban J connectivity index is 1.31. The van der Waals surface area contributed by atoms with Gasteiger partial charge in [-0.3, -0.25) is 9.98 Å². The Morgan fingerprint density at radius 1 is 1.16 bits per heavy atom. The van der Waals surface area contributed by atoms with Crippen LogP contribution < -0.4 is 10.1 Å². The first-order chi connectivity index (χ1) is 15.8. The predicted molar refractivity (Wildman–Crippen MR) is 131 cm³/mol. The lowest BCUT2D eigenvalue weighted by atomic mass is 9.96. The fraction of sp³-hybridized carbons (Fsp3) is 0.200. The highest BCUT2D eigenvalue weighted by Gasteiger charge is 2.12. The van der Waals surface area contributed by atoms with Crippen LogP contribution in [0.4, 0.5) is 10.9 Å². The summed E-state index contributed by atoms with van der Waals surface area (Å²) in [7, 11) is 0. The standard InChI is InChI=1S/C25H23N5OS/c1-2-17-10-20(14-27-13-17)19-5-6-22-23(12-19)32-25(29-22)30-24-11-18(7-9-28-24)16-31-21-4-3-8-26-15-21/h3-12,14-15,17H,2,13,16H2,1H3,(H,28,29,30). The topological polar surface area (TPSA) is 72.3 Å². The number of aliphatic imine (C=N–C) groups is 1. The summed E-state index contributed by atoms with van der Waals surface area (Å²) in [6, 6.07) is 14.0. The number of nitrogens with zero attached hydrogens (tertiary/aromatic N) is 4. The van der Waals surface area contributed by atoms with Crippen LogP contribution in [0.5, 0.6) is 5.75 Å². The Kier molecular flexibility index (Phi) is 5.89. The largest absolute Gasteiger partial charge is 0.487 e. The van der Waals surface area contributed by atoms with Crippen LogP contribution in [0.25, 0.3) is 15.8 Å².